The Morgan fingerprint density at radius 1 is 1.31 bits per heavy atom. The third kappa shape index (κ3) is 2.30. The van der Waals surface area contributed by atoms with Gasteiger partial charge >= 0.3 is 0 Å². The Morgan fingerprint density at radius 3 is 2.69 bits per heavy atom. The van der Waals surface area contributed by atoms with Crippen molar-refractivity contribution in [3.8, 4) is 6.07 Å². The maximum absolute atomic E-state index is 13.4. The van der Waals surface area contributed by atoms with Crippen LogP contribution >= 0.6 is 0 Å². The van der Waals surface area contributed by atoms with Gasteiger partial charge in [-0.1, -0.05) is 12.8 Å². The predicted molar refractivity (Wildman–Crippen MR) is 56.9 cm³/mol. The Bertz CT molecular complexity index is 433. The van der Waals surface area contributed by atoms with Gasteiger partial charge in [-0.2, -0.15) is 5.26 Å². The zero-order valence-electron chi connectivity index (χ0n) is 8.76. The van der Waals surface area contributed by atoms with Gasteiger partial charge in [-0.05, 0) is 24.5 Å². The SMILES string of the molecule is N#Cc1ccc(NCCC2CC2)c(F)c1F. The molecule has 1 aromatic carbocycles. The molecule has 0 aromatic heterocycles. The van der Waals surface area contributed by atoms with E-state index in [1.165, 1.54) is 25.0 Å². The number of rotatable bonds is 4. The van der Waals surface area contributed by atoms with E-state index in [0.717, 1.165) is 12.3 Å². The summed E-state index contributed by atoms with van der Waals surface area (Å²) in [5.74, 6) is -1.28. The van der Waals surface area contributed by atoms with Crippen LogP contribution in [0.15, 0.2) is 12.1 Å². The van der Waals surface area contributed by atoms with E-state index in [2.05, 4.69) is 5.32 Å². The van der Waals surface area contributed by atoms with Crippen molar-refractivity contribution in [1.29, 1.82) is 5.26 Å². The second-order valence-electron chi connectivity index (χ2n) is 4.06. The van der Waals surface area contributed by atoms with E-state index < -0.39 is 11.6 Å². The monoisotopic (exact) mass is 222 g/mol. The highest BCUT2D eigenvalue weighted by Crippen LogP contribution is 2.32. The Balaban J connectivity index is 2.03. The molecule has 1 aliphatic carbocycles. The Kier molecular flexibility index (Phi) is 3.04. The molecule has 1 aliphatic rings. The average Bonchev–Trinajstić information content (AvgIpc) is 3.08. The fraction of sp³-hybridized carbons (Fsp3) is 0.417. The van der Waals surface area contributed by atoms with Gasteiger partial charge in [0, 0.05) is 6.54 Å². The van der Waals surface area contributed by atoms with Gasteiger partial charge in [0.15, 0.2) is 11.6 Å². The fourth-order valence-corrected chi connectivity index (χ4v) is 1.59. The molecule has 2 rings (SSSR count). The van der Waals surface area contributed by atoms with Crippen molar-refractivity contribution in [1.82, 2.24) is 0 Å². The smallest absolute Gasteiger partial charge is 0.183 e. The highest BCUT2D eigenvalue weighted by Gasteiger charge is 2.20. The van der Waals surface area contributed by atoms with E-state index in [1.807, 2.05) is 0 Å². The van der Waals surface area contributed by atoms with Gasteiger partial charge in [0.25, 0.3) is 0 Å². The first kappa shape index (κ1) is 10.9. The summed E-state index contributed by atoms with van der Waals surface area (Å²) in [6.07, 6.45) is 3.47. The van der Waals surface area contributed by atoms with Crippen LogP contribution < -0.4 is 5.32 Å². The van der Waals surface area contributed by atoms with E-state index in [1.54, 1.807) is 6.07 Å². The topological polar surface area (TPSA) is 35.8 Å². The average molecular weight is 222 g/mol. The van der Waals surface area contributed by atoms with Crippen molar-refractivity contribution in [2.45, 2.75) is 19.3 Å². The predicted octanol–water partition coefficient (Wildman–Crippen LogP) is 3.05. The third-order valence-electron chi connectivity index (χ3n) is 2.77. The van der Waals surface area contributed by atoms with Gasteiger partial charge in [-0.15, -0.1) is 0 Å². The van der Waals surface area contributed by atoms with E-state index >= 15 is 0 Å². The molecule has 0 saturated heterocycles. The summed E-state index contributed by atoms with van der Waals surface area (Å²) in [5.41, 5.74) is -0.123. The highest BCUT2D eigenvalue weighted by atomic mass is 19.2. The van der Waals surface area contributed by atoms with Crippen LogP contribution in [0.2, 0.25) is 0 Å². The number of benzene rings is 1. The van der Waals surface area contributed by atoms with Crippen LogP contribution in [-0.4, -0.2) is 6.54 Å². The van der Waals surface area contributed by atoms with Crippen molar-refractivity contribution in [3.63, 3.8) is 0 Å². The molecule has 0 amide bonds. The normalized spacial score (nSPS) is 14.6. The number of anilines is 1. The minimum atomic E-state index is -1.07. The van der Waals surface area contributed by atoms with Crippen LogP contribution in [0.3, 0.4) is 0 Å². The van der Waals surface area contributed by atoms with Gasteiger partial charge in [-0.25, -0.2) is 8.78 Å². The van der Waals surface area contributed by atoms with Crippen molar-refractivity contribution >= 4 is 5.69 Å². The number of nitrogens with zero attached hydrogens (tertiary/aromatic N) is 1. The first-order valence-electron chi connectivity index (χ1n) is 5.34. The van der Waals surface area contributed by atoms with Crippen LogP contribution in [0, 0.1) is 28.9 Å². The van der Waals surface area contributed by atoms with Crippen molar-refractivity contribution < 1.29 is 8.78 Å². The standard InChI is InChI=1S/C12H12F2N2/c13-11-9(7-15)3-4-10(12(11)14)16-6-5-8-1-2-8/h3-4,8,16H,1-2,5-6H2. The molecular weight excluding hydrogens is 210 g/mol. The van der Waals surface area contributed by atoms with Crippen LogP contribution in [0.5, 0.6) is 0 Å². The minimum Gasteiger partial charge on any atom is -0.383 e. The maximum atomic E-state index is 13.4. The molecule has 0 unspecified atom stereocenters. The van der Waals surface area contributed by atoms with Gasteiger partial charge in [-0.3, -0.25) is 0 Å². The molecule has 0 spiro atoms. The molecule has 0 atom stereocenters. The summed E-state index contributed by atoms with van der Waals surface area (Å²) < 4.78 is 26.6. The molecule has 1 aromatic rings. The van der Waals surface area contributed by atoms with E-state index in [4.69, 9.17) is 5.26 Å². The quantitative estimate of drug-likeness (QED) is 0.849. The summed E-state index contributed by atoms with van der Waals surface area (Å²) >= 11 is 0. The second kappa shape index (κ2) is 4.48. The maximum Gasteiger partial charge on any atom is 0.183 e. The zero-order chi connectivity index (χ0) is 11.5. The lowest BCUT2D eigenvalue weighted by molar-refractivity contribution is 0.508. The zero-order valence-corrected chi connectivity index (χ0v) is 8.76. The molecule has 0 aliphatic heterocycles. The number of nitriles is 1. The lowest BCUT2D eigenvalue weighted by atomic mass is 10.2. The molecule has 0 bridgehead atoms. The Labute approximate surface area is 92.9 Å². The van der Waals surface area contributed by atoms with E-state index in [0.29, 0.717) is 6.54 Å². The van der Waals surface area contributed by atoms with Crippen molar-refractivity contribution in [3.05, 3.63) is 29.3 Å². The summed E-state index contributed by atoms with van der Waals surface area (Å²) in [6.45, 7) is 0.646. The Hall–Kier alpha value is -1.63. The molecule has 16 heavy (non-hydrogen) atoms. The van der Waals surface area contributed by atoms with Gasteiger partial charge in [0.2, 0.25) is 0 Å². The minimum absolute atomic E-state index is 0.136. The molecule has 1 N–H and O–H groups in total. The molecule has 0 heterocycles. The first-order chi connectivity index (χ1) is 7.72. The summed E-state index contributed by atoms with van der Waals surface area (Å²) in [4.78, 5) is 0. The molecule has 84 valence electrons. The Morgan fingerprint density at radius 2 is 2.06 bits per heavy atom. The first-order valence-corrected chi connectivity index (χ1v) is 5.34. The molecule has 1 fully saturated rings. The molecule has 2 nitrogen and oxygen atoms in total. The van der Waals surface area contributed by atoms with Crippen LogP contribution in [-0.2, 0) is 0 Å². The van der Waals surface area contributed by atoms with Crippen LogP contribution in [0.4, 0.5) is 14.5 Å². The number of nitrogens with one attached hydrogen (secondary N) is 1. The van der Waals surface area contributed by atoms with Crippen LogP contribution in [0.1, 0.15) is 24.8 Å². The second-order valence-corrected chi connectivity index (χ2v) is 4.06. The molecule has 1 saturated carbocycles. The fourth-order valence-electron chi connectivity index (χ4n) is 1.59. The van der Waals surface area contributed by atoms with Crippen molar-refractivity contribution in [2.75, 3.05) is 11.9 Å². The summed E-state index contributed by atoms with van der Waals surface area (Å²) in [7, 11) is 0. The lowest BCUT2D eigenvalue weighted by Gasteiger charge is -2.07. The van der Waals surface area contributed by atoms with Gasteiger partial charge in [0.05, 0.1) is 11.3 Å². The molecular formula is C12H12F2N2. The van der Waals surface area contributed by atoms with Crippen molar-refractivity contribution in [2.24, 2.45) is 5.92 Å². The van der Waals surface area contributed by atoms with E-state index in [9.17, 15) is 8.78 Å². The lowest BCUT2D eigenvalue weighted by Crippen LogP contribution is -2.06. The summed E-state index contributed by atoms with van der Waals surface area (Å²) in [5, 5.41) is 11.4. The third-order valence-corrected chi connectivity index (χ3v) is 2.77. The summed E-state index contributed by atoms with van der Waals surface area (Å²) in [6, 6.07) is 4.30. The number of halogens is 2. The molecule has 0 radical (unpaired) electrons. The number of hydrogen-bond donors (Lipinski definition) is 1. The largest absolute Gasteiger partial charge is 0.383 e. The van der Waals surface area contributed by atoms with Gasteiger partial charge in [0.1, 0.15) is 6.07 Å². The molecule has 4 heteroatoms. The van der Waals surface area contributed by atoms with Gasteiger partial charge < -0.3 is 5.32 Å². The van der Waals surface area contributed by atoms with Crippen LogP contribution in [0.25, 0.3) is 0 Å². The van der Waals surface area contributed by atoms with E-state index in [-0.39, 0.29) is 11.3 Å². The number of hydrogen-bond acceptors (Lipinski definition) is 2. The highest BCUT2D eigenvalue weighted by molar-refractivity contribution is 5.49.